The summed E-state index contributed by atoms with van der Waals surface area (Å²) in [4.78, 5) is 8.53. The molecule has 5 heteroatoms. The first-order valence-electron chi connectivity index (χ1n) is 6.02. The molecule has 0 atom stereocenters. The van der Waals surface area contributed by atoms with Gasteiger partial charge in [-0.25, -0.2) is 9.97 Å². The predicted molar refractivity (Wildman–Crippen MR) is 67.1 cm³/mol. The SMILES string of the molecule is CCc1ncc(B2OC(C)(C)C(C)(C)O2)cn1. The molecule has 0 bridgehead atoms. The van der Waals surface area contributed by atoms with Gasteiger partial charge in [-0.1, -0.05) is 6.92 Å². The van der Waals surface area contributed by atoms with E-state index in [9.17, 15) is 0 Å². The highest BCUT2D eigenvalue weighted by Gasteiger charge is 2.51. The minimum atomic E-state index is -0.370. The van der Waals surface area contributed by atoms with Crippen molar-refractivity contribution in [2.24, 2.45) is 0 Å². The first-order chi connectivity index (χ1) is 7.86. The molecule has 4 nitrogen and oxygen atoms in total. The van der Waals surface area contributed by atoms with E-state index in [4.69, 9.17) is 9.31 Å². The average molecular weight is 234 g/mol. The smallest absolute Gasteiger partial charge is 0.399 e. The molecule has 0 aromatic carbocycles. The van der Waals surface area contributed by atoms with Crippen LogP contribution < -0.4 is 5.46 Å². The Labute approximate surface area is 103 Å². The summed E-state index contributed by atoms with van der Waals surface area (Å²) >= 11 is 0. The molecule has 1 aromatic rings. The number of hydrogen-bond donors (Lipinski definition) is 0. The van der Waals surface area contributed by atoms with Crippen molar-refractivity contribution >= 4 is 12.6 Å². The molecule has 0 unspecified atom stereocenters. The maximum absolute atomic E-state index is 5.92. The zero-order valence-electron chi connectivity index (χ0n) is 11.2. The van der Waals surface area contributed by atoms with Crippen molar-refractivity contribution < 1.29 is 9.31 Å². The second-order valence-electron chi connectivity index (χ2n) is 5.37. The van der Waals surface area contributed by atoms with Crippen molar-refractivity contribution in [1.29, 1.82) is 0 Å². The largest absolute Gasteiger partial charge is 0.498 e. The fourth-order valence-electron chi connectivity index (χ4n) is 1.65. The zero-order chi connectivity index (χ0) is 12.7. The van der Waals surface area contributed by atoms with Gasteiger partial charge in [-0.15, -0.1) is 0 Å². The summed E-state index contributed by atoms with van der Waals surface area (Å²) in [6, 6.07) is 0. The van der Waals surface area contributed by atoms with Gasteiger partial charge in [0.15, 0.2) is 0 Å². The third-order valence-electron chi connectivity index (χ3n) is 3.57. The number of rotatable bonds is 2. The molecule has 1 saturated heterocycles. The Bertz CT molecular complexity index is 387. The molecule has 1 aromatic heterocycles. The van der Waals surface area contributed by atoms with Crippen LogP contribution in [0.25, 0.3) is 0 Å². The fraction of sp³-hybridized carbons (Fsp3) is 0.667. The Morgan fingerprint density at radius 1 is 1.06 bits per heavy atom. The van der Waals surface area contributed by atoms with Crippen LogP contribution in [0, 0.1) is 0 Å². The van der Waals surface area contributed by atoms with Gasteiger partial charge in [-0.3, -0.25) is 0 Å². The lowest BCUT2D eigenvalue weighted by molar-refractivity contribution is 0.00578. The molecule has 1 aliphatic rings. The van der Waals surface area contributed by atoms with E-state index in [0.717, 1.165) is 17.7 Å². The van der Waals surface area contributed by atoms with E-state index in [1.807, 2.05) is 34.6 Å². The van der Waals surface area contributed by atoms with Crippen molar-refractivity contribution in [3.8, 4) is 0 Å². The van der Waals surface area contributed by atoms with Gasteiger partial charge in [-0.05, 0) is 27.7 Å². The highest BCUT2D eigenvalue weighted by atomic mass is 16.7. The molecule has 2 heterocycles. The predicted octanol–water partition coefficient (Wildman–Crippen LogP) is 1.34. The van der Waals surface area contributed by atoms with Crippen LogP contribution >= 0.6 is 0 Å². The van der Waals surface area contributed by atoms with E-state index in [1.54, 1.807) is 12.4 Å². The monoisotopic (exact) mass is 234 g/mol. The molecular formula is C12H19BN2O2. The summed E-state index contributed by atoms with van der Waals surface area (Å²) in [5, 5.41) is 0. The normalized spacial score (nSPS) is 21.8. The van der Waals surface area contributed by atoms with E-state index in [1.165, 1.54) is 0 Å². The summed E-state index contributed by atoms with van der Waals surface area (Å²) in [6.45, 7) is 10.2. The van der Waals surface area contributed by atoms with Crippen LogP contribution in [0.4, 0.5) is 0 Å². The van der Waals surface area contributed by atoms with Crippen LogP contribution in [0.2, 0.25) is 0 Å². The lowest BCUT2D eigenvalue weighted by atomic mass is 9.81. The van der Waals surface area contributed by atoms with Gasteiger partial charge < -0.3 is 9.31 Å². The first-order valence-corrected chi connectivity index (χ1v) is 6.02. The van der Waals surface area contributed by atoms with Crippen LogP contribution in [0.1, 0.15) is 40.4 Å². The molecule has 0 radical (unpaired) electrons. The maximum Gasteiger partial charge on any atom is 0.498 e. The van der Waals surface area contributed by atoms with Crippen LogP contribution in [0.15, 0.2) is 12.4 Å². The highest BCUT2D eigenvalue weighted by Crippen LogP contribution is 2.36. The van der Waals surface area contributed by atoms with Crippen molar-refractivity contribution in [3.05, 3.63) is 18.2 Å². The highest BCUT2D eigenvalue weighted by molar-refractivity contribution is 6.61. The molecule has 92 valence electrons. The molecule has 0 spiro atoms. The summed E-state index contributed by atoms with van der Waals surface area (Å²) in [5.41, 5.74) is 0.239. The molecule has 0 amide bonds. The third kappa shape index (κ3) is 2.22. The first kappa shape index (κ1) is 12.5. The van der Waals surface area contributed by atoms with Gasteiger partial charge in [0.05, 0.1) is 11.2 Å². The van der Waals surface area contributed by atoms with E-state index in [2.05, 4.69) is 9.97 Å². The van der Waals surface area contributed by atoms with Crippen molar-refractivity contribution in [2.45, 2.75) is 52.2 Å². The van der Waals surface area contributed by atoms with Crippen LogP contribution in [0.5, 0.6) is 0 Å². The molecule has 2 rings (SSSR count). The van der Waals surface area contributed by atoms with Gasteiger partial charge in [0.2, 0.25) is 0 Å². The average Bonchev–Trinajstić information content (AvgIpc) is 2.48. The van der Waals surface area contributed by atoms with Gasteiger partial charge in [0.1, 0.15) is 5.82 Å². The van der Waals surface area contributed by atoms with Crippen LogP contribution in [-0.2, 0) is 15.7 Å². The third-order valence-corrected chi connectivity index (χ3v) is 3.57. The minimum absolute atomic E-state index is 0.318. The number of aryl methyl sites for hydroxylation is 1. The Morgan fingerprint density at radius 3 is 1.94 bits per heavy atom. The van der Waals surface area contributed by atoms with E-state index in [-0.39, 0.29) is 18.3 Å². The minimum Gasteiger partial charge on any atom is -0.399 e. The van der Waals surface area contributed by atoms with Crippen LogP contribution in [0.3, 0.4) is 0 Å². The summed E-state index contributed by atoms with van der Waals surface area (Å²) in [7, 11) is -0.370. The lowest BCUT2D eigenvalue weighted by Gasteiger charge is -2.32. The number of nitrogens with zero attached hydrogens (tertiary/aromatic N) is 2. The second-order valence-corrected chi connectivity index (χ2v) is 5.37. The van der Waals surface area contributed by atoms with Gasteiger partial charge in [-0.2, -0.15) is 0 Å². The van der Waals surface area contributed by atoms with Gasteiger partial charge in [0.25, 0.3) is 0 Å². The van der Waals surface area contributed by atoms with Crippen LogP contribution in [-0.4, -0.2) is 28.3 Å². The maximum atomic E-state index is 5.92. The summed E-state index contributed by atoms with van der Waals surface area (Å²) in [6.07, 6.45) is 4.41. The molecule has 0 N–H and O–H groups in total. The zero-order valence-corrected chi connectivity index (χ0v) is 11.2. The van der Waals surface area contributed by atoms with E-state index in [0.29, 0.717) is 0 Å². The summed E-state index contributed by atoms with van der Waals surface area (Å²) in [5.74, 6) is 0.838. The quantitative estimate of drug-likeness (QED) is 0.724. The Hall–Kier alpha value is -0.935. The fourth-order valence-corrected chi connectivity index (χ4v) is 1.65. The Balaban J connectivity index is 2.20. The molecule has 17 heavy (non-hydrogen) atoms. The molecular weight excluding hydrogens is 215 g/mol. The molecule has 1 aliphatic heterocycles. The second kappa shape index (κ2) is 4.07. The van der Waals surface area contributed by atoms with Gasteiger partial charge >= 0.3 is 7.12 Å². The topological polar surface area (TPSA) is 44.2 Å². The van der Waals surface area contributed by atoms with Crippen molar-refractivity contribution in [1.82, 2.24) is 9.97 Å². The Kier molecular flexibility index (Phi) is 3.00. The standard InChI is InChI=1S/C12H19BN2O2/c1-6-10-14-7-9(8-15-10)13-16-11(2,3)12(4,5)17-13/h7-8H,6H2,1-5H3. The summed E-state index contributed by atoms with van der Waals surface area (Å²) < 4.78 is 11.8. The Morgan fingerprint density at radius 2 is 1.53 bits per heavy atom. The molecule has 1 fully saturated rings. The van der Waals surface area contributed by atoms with Gasteiger partial charge in [0, 0.05) is 24.3 Å². The molecule has 0 aliphatic carbocycles. The van der Waals surface area contributed by atoms with E-state index < -0.39 is 0 Å². The number of aromatic nitrogens is 2. The van der Waals surface area contributed by atoms with E-state index >= 15 is 0 Å². The van der Waals surface area contributed by atoms with Crippen molar-refractivity contribution in [3.63, 3.8) is 0 Å². The molecule has 0 saturated carbocycles. The lowest BCUT2D eigenvalue weighted by Crippen LogP contribution is -2.41. The number of hydrogen-bond acceptors (Lipinski definition) is 4. The van der Waals surface area contributed by atoms with Crippen molar-refractivity contribution in [2.75, 3.05) is 0 Å².